The van der Waals surface area contributed by atoms with Crippen LogP contribution in [0.2, 0.25) is 0 Å². The summed E-state index contributed by atoms with van der Waals surface area (Å²) in [6, 6.07) is 0. The van der Waals surface area contributed by atoms with Crippen molar-refractivity contribution in [2.75, 3.05) is 0 Å². The van der Waals surface area contributed by atoms with E-state index < -0.39 is 0 Å². The third-order valence-electron chi connectivity index (χ3n) is 1.65. The minimum absolute atomic E-state index is 0.415. The van der Waals surface area contributed by atoms with Crippen LogP contribution in [-0.2, 0) is 0 Å². The highest BCUT2D eigenvalue weighted by Crippen LogP contribution is 2.25. The van der Waals surface area contributed by atoms with Crippen molar-refractivity contribution in [2.45, 2.75) is 12.6 Å². The monoisotopic (exact) mass is 182 g/mol. The third kappa shape index (κ3) is 1.85. The summed E-state index contributed by atoms with van der Waals surface area (Å²) in [6.07, 6.45) is 8.36. The molecule has 0 aliphatic heterocycles. The fourth-order valence-corrected chi connectivity index (χ4v) is 1.91. The van der Waals surface area contributed by atoms with E-state index in [1.165, 1.54) is 11.1 Å². The smallest absolute Gasteiger partial charge is 0.0181 e. The summed E-state index contributed by atoms with van der Waals surface area (Å²) >= 11 is 4.91. The van der Waals surface area contributed by atoms with Gasteiger partial charge in [0, 0.05) is 11.0 Å². The summed E-state index contributed by atoms with van der Waals surface area (Å²) in [5, 5.41) is 1.76. The van der Waals surface area contributed by atoms with Crippen molar-refractivity contribution in [3.63, 3.8) is 0 Å². The minimum atomic E-state index is 0.415. The Balaban J connectivity index is 2.96. The van der Waals surface area contributed by atoms with Crippen LogP contribution in [0.5, 0.6) is 0 Å². The lowest BCUT2D eigenvalue weighted by atomic mass is 10.1. The zero-order valence-corrected chi connectivity index (χ0v) is 8.42. The molecule has 2 unspecified atom stereocenters. The number of hydrogen-bond acceptors (Lipinski definition) is 1. The van der Waals surface area contributed by atoms with Gasteiger partial charge in [0.2, 0.25) is 0 Å². The van der Waals surface area contributed by atoms with Crippen LogP contribution in [0, 0.1) is 0 Å². The lowest BCUT2D eigenvalue weighted by Crippen LogP contribution is -1.95. The molecule has 0 bridgehead atoms. The largest absolute Gasteiger partial charge is 0.126 e. The van der Waals surface area contributed by atoms with E-state index >= 15 is 0 Å². The van der Waals surface area contributed by atoms with Gasteiger partial charge in [0.1, 0.15) is 0 Å². The second kappa shape index (κ2) is 3.94. The van der Waals surface area contributed by atoms with Crippen LogP contribution in [-0.4, -0.2) is 11.0 Å². The molecule has 0 N–H and O–H groups in total. The molecule has 1 rings (SSSR count). The van der Waals surface area contributed by atoms with E-state index in [4.69, 9.17) is 12.2 Å². The molecule has 58 valence electrons. The van der Waals surface area contributed by atoms with Gasteiger partial charge in [0.05, 0.1) is 0 Å². The van der Waals surface area contributed by atoms with Crippen LogP contribution >= 0.6 is 21.5 Å². The zero-order valence-electron chi connectivity index (χ0n) is 6.45. The van der Waals surface area contributed by atoms with Gasteiger partial charge in [-0.2, -0.15) is 0 Å². The molecule has 0 nitrogen and oxygen atoms in total. The summed E-state index contributed by atoms with van der Waals surface area (Å²) in [6.45, 7) is 2.01. The van der Waals surface area contributed by atoms with E-state index in [9.17, 15) is 0 Å². The number of rotatable bonds is 2. The van der Waals surface area contributed by atoms with Crippen LogP contribution in [0.1, 0.15) is 6.92 Å². The standard InChI is InChI=1S/C9H11PS/c1-2-3-7-4-5-9(10)8(7)6-11/h2-6,9H,10H2,1H3/b3-2-. The van der Waals surface area contributed by atoms with Gasteiger partial charge in [-0.15, -0.1) is 9.24 Å². The maximum Gasteiger partial charge on any atom is 0.0181 e. The van der Waals surface area contributed by atoms with Gasteiger partial charge in [-0.25, -0.2) is 0 Å². The summed E-state index contributed by atoms with van der Waals surface area (Å²) in [7, 11) is 2.75. The predicted octanol–water partition coefficient (Wildman–Crippen LogP) is 2.67. The Morgan fingerprint density at radius 2 is 2.36 bits per heavy atom. The van der Waals surface area contributed by atoms with Crippen molar-refractivity contribution < 1.29 is 0 Å². The van der Waals surface area contributed by atoms with E-state index in [2.05, 4.69) is 27.5 Å². The first-order chi connectivity index (χ1) is 5.29. The first-order valence-corrected chi connectivity index (χ1v) is 4.69. The van der Waals surface area contributed by atoms with E-state index in [1.807, 2.05) is 13.0 Å². The van der Waals surface area contributed by atoms with Crippen molar-refractivity contribution in [1.29, 1.82) is 0 Å². The average Bonchev–Trinajstić information content (AvgIpc) is 2.33. The Bertz CT molecular complexity index is 244. The van der Waals surface area contributed by atoms with Crippen LogP contribution in [0.15, 0.2) is 35.5 Å². The van der Waals surface area contributed by atoms with Crippen LogP contribution in [0.3, 0.4) is 0 Å². The molecule has 0 heterocycles. The molecule has 0 radical (unpaired) electrons. The van der Waals surface area contributed by atoms with E-state index in [0.717, 1.165) is 0 Å². The van der Waals surface area contributed by atoms with Crippen molar-refractivity contribution >= 4 is 26.8 Å². The van der Waals surface area contributed by atoms with E-state index in [-0.39, 0.29) is 0 Å². The molecule has 0 aromatic carbocycles. The number of allylic oxidation sites excluding steroid dienone is 6. The molecule has 0 saturated carbocycles. The molecular formula is C9H11PS. The van der Waals surface area contributed by atoms with Gasteiger partial charge in [-0.1, -0.05) is 36.5 Å². The number of thiocarbonyl (C=S) groups is 1. The lowest BCUT2D eigenvalue weighted by molar-refractivity contribution is 1.41. The molecule has 0 fully saturated rings. The predicted molar refractivity (Wildman–Crippen MR) is 58.1 cm³/mol. The molecular weight excluding hydrogens is 171 g/mol. The van der Waals surface area contributed by atoms with Crippen molar-refractivity contribution in [2.24, 2.45) is 0 Å². The average molecular weight is 182 g/mol. The Kier molecular flexibility index (Phi) is 3.16. The van der Waals surface area contributed by atoms with E-state index in [0.29, 0.717) is 5.66 Å². The van der Waals surface area contributed by atoms with Gasteiger partial charge in [0.15, 0.2) is 0 Å². The van der Waals surface area contributed by atoms with E-state index in [1.54, 1.807) is 5.37 Å². The molecule has 1 aliphatic rings. The normalized spacial score (nSPS) is 23.6. The number of hydrogen-bond donors (Lipinski definition) is 0. The Hall–Kier alpha value is -0.260. The van der Waals surface area contributed by atoms with Crippen LogP contribution in [0.4, 0.5) is 0 Å². The minimum Gasteiger partial charge on any atom is -0.126 e. The van der Waals surface area contributed by atoms with Crippen molar-refractivity contribution in [3.05, 3.63) is 35.5 Å². The quantitative estimate of drug-likeness (QED) is 0.467. The third-order valence-corrected chi connectivity index (χ3v) is 2.48. The summed E-state index contributed by atoms with van der Waals surface area (Å²) in [5.74, 6) is 0. The summed E-state index contributed by atoms with van der Waals surface area (Å²) in [5.41, 5.74) is 2.88. The summed E-state index contributed by atoms with van der Waals surface area (Å²) in [4.78, 5) is 0. The SMILES string of the molecule is C/C=C\C1=C(C=S)C(P)C=C1. The maximum absolute atomic E-state index is 4.91. The molecule has 1 aliphatic carbocycles. The lowest BCUT2D eigenvalue weighted by Gasteiger charge is -2.01. The van der Waals surface area contributed by atoms with Gasteiger partial charge < -0.3 is 0 Å². The van der Waals surface area contributed by atoms with Gasteiger partial charge in [0.25, 0.3) is 0 Å². The second-order valence-electron chi connectivity index (χ2n) is 2.41. The highest BCUT2D eigenvalue weighted by Gasteiger charge is 2.11. The molecule has 0 aromatic heterocycles. The topological polar surface area (TPSA) is 0 Å². The van der Waals surface area contributed by atoms with Crippen molar-refractivity contribution in [1.82, 2.24) is 0 Å². The van der Waals surface area contributed by atoms with Gasteiger partial charge in [-0.05, 0) is 18.1 Å². The fourth-order valence-electron chi connectivity index (χ4n) is 1.08. The van der Waals surface area contributed by atoms with Crippen LogP contribution in [0.25, 0.3) is 0 Å². The highest BCUT2D eigenvalue weighted by molar-refractivity contribution is 7.79. The van der Waals surface area contributed by atoms with Crippen LogP contribution < -0.4 is 0 Å². The molecule has 0 aromatic rings. The van der Waals surface area contributed by atoms with Gasteiger partial charge in [-0.3, -0.25) is 0 Å². The molecule has 0 saturated heterocycles. The van der Waals surface area contributed by atoms with Crippen molar-refractivity contribution in [3.8, 4) is 0 Å². The zero-order chi connectivity index (χ0) is 8.27. The Labute approximate surface area is 75.3 Å². The first-order valence-electron chi connectivity index (χ1n) is 3.55. The summed E-state index contributed by atoms with van der Waals surface area (Å²) < 4.78 is 0. The fraction of sp³-hybridized carbons (Fsp3) is 0.222. The Morgan fingerprint density at radius 1 is 1.64 bits per heavy atom. The van der Waals surface area contributed by atoms with Gasteiger partial charge >= 0.3 is 0 Å². The molecule has 11 heavy (non-hydrogen) atoms. The second-order valence-corrected chi connectivity index (χ2v) is 3.37. The Morgan fingerprint density at radius 3 is 2.91 bits per heavy atom. The first kappa shape index (κ1) is 8.83. The maximum atomic E-state index is 4.91. The highest BCUT2D eigenvalue weighted by atomic mass is 32.1. The molecule has 2 heteroatoms. The molecule has 0 amide bonds. The molecule has 0 spiro atoms. The molecule has 2 atom stereocenters.